The third-order valence-electron chi connectivity index (χ3n) is 4.97. The Morgan fingerprint density at radius 2 is 1.89 bits per heavy atom. The quantitative estimate of drug-likeness (QED) is 0.778. The standard InChI is InChI=1S/C22H24ClN3O2/c23-20-4-2-1-3-19(20)21(26-11-13-28-14-12-26)16-25-22(27)10-9-17-5-7-18(15-24)8-6-17/h1-8,21H,9-14,16H2,(H,25,27)/t21-/m1/s1. The third kappa shape index (κ3) is 5.56. The van der Waals surface area contributed by atoms with Crippen molar-refractivity contribution in [2.75, 3.05) is 32.8 Å². The molecule has 0 aliphatic carbocycles. The first-order chi connectivity index (χ1) is 13.7. The molecule has 0 saturated carbocycles. The maximum absolute atomic E-state index is 12.4. The highest BCUT2D eigenvalue weighted by Gasteiger charge is 2.24. The molecule has 1 fully saturated rings. The van der Waals surface area contributed by atoms with Crippen molar-refractivity contribution in [1.82, 2.24) is 10.2 Å². The number of nitriles is 1. The Morgan fingerprint density at radius 3 is 2.57 bits per heavy atom. The van der Waals surface area contributed by atoms with Gasteiger partial charge < -0.3 is 10.1 Å². The Bertz CT molecular complexity index is 826. The molecule has 1 heterocycles. The molecule has 5 nitrogen and oxygen atoms in total. The summed E-state index contributed by atoms with van der Waals surface area (Å²) in [7, 11) is 0. The van der Waals surface area contributed by atoms with E-state index in [1.807, 2.05) is 36.4 Å². The first-order valence-corrected chi connectivity index (χ1v) is 9.87. The molecule has 1 aliphatic heterocycles. The van der Waals surface area contributed by atoms with E-state index in [0.29, 0.717) is 43.2 Å². The summed E-state index contributed by atoms with van der Waals surface area (Å²) in [4.78, 5) is 14.7. The molecule has 0 aromatic heterocycles. The Morgan fingerprint density at radius 1 is 1.18 bits per heavy atom. The van der Waals surface area contributed by atoms with E-state index in [1.54, 1.807) is 12.1 Å². The predicted molar refractivity (Wildman–Crippen MR) is 109 cm³/mol. The molecule has 6 heteroatoms. The minimum absolute atomic E-state index is 0.00896. The number of aryl methyl sites for hydroxylation is 1. The molecule has 1 N–H and O–H groups in total. The molecule has 1 amide bonds. The van der Waals surface area contributed by atoms with Crippen LogP contribution < -0.4 is 5.32 Å². The monoisotopic (exact) mass is 397 g/mol. The molecule has 0 bridgehead atoms. The minimum atomic E-state index is 0.00896. The summed E-state index contributed by atoms with van der Waals surface area (Å²) in [6.45, 7) is 3.52. The van der Waals surface area contributed by atoms with Crippen molar-refractivity contribution < 1.29 is 9.53 Å². The zero-order valence-corrected chi connectivity index (χ0v) is 16.5. The van der Waals surface area contributed by atoms with Gasteiger partial charge in [0.2, 0.25) is 5.91 Å². The van der Waals surface area contributed by atoms with Crippen LogP contribution in [0.15, 0.2) is 48.5 Å². The number of carbonyl (C=O) groups excluding carboxylic acids is 1. The molecule has 28 heavy (non-hydrogen) atoms. The number of halogens is 1. The van der Waals surface area contributed by atoms with Gasteiger partial charge in [0.15, 0.2) is 0 Å². The highest BCUT2D eigenvalue weighted by atomic mass is 35.5. The lowest BCUT2D eigenvalue weighted by Gasteiger charge is -2.35. The summed E-state index contributed by atoms with van der Waals surface area (Å²) in [5.74, 6) is 0.00896. The number of nitrogens with zero attached hydrogens (tertiary/aromatic N) is 2. The van der Waals surface area contributed by atoms with Crippen LogP contribution in [0.25, 0.3) is 0 Å². The van der Waals surface area contributed by atoms with E-state index in [2.05, 4.69) is 16.3 Å². The molecule has 3 rings (SSSR count). The van der Waals surface area contributed by atoms with Gasteiger partial charge in [-0.2, -0.15) is 5.26 Å². The molecule has 2 aromatic carbocycles. The van der Waals surface area contributed by atoms with Crippen LogP contribution in [0.1, 0.15) is 29.2 Å². The number of ether oxygens (including phenoxy) is 1. The van der Waals surface area contributed by atoms with Crippen LogP contribution in [0.5, 0.6) is 0 Å². The van der Waals surface area contributed by atoms with Crippen molar-refractivity contribution in [3.05, 3.63) is 70.2 Å². The second kappa shape index (κ2) is 10.2. The van der Waals surface area contributed by atoms with Crippen LogP contribution in [0.2, 0.25) is 5.02 Å². The molecule has 0 radical (unpaired) electrons. The fraction of sp³-hybridized carbons (Fsp3) is 0.364. The largest absolute Gasteiger partial charge is 0.379 e. The van der Waals surface area contributed by atoms with Crippen LogP contribution in [-0.4, -0.2) is 43.7 Å². The number of morpholine rings is 1. The summed E-state index contributed by atoms with van der Waals surface area (Å²) in [6.07, 6.45) is 1.05. The SMILES string of the molecule is N#Cc1ccc(CCC(=O)NC[C@H](c2ccccc2Cl)N2CCOCC2)cc1. The Hall–Kier alpha value is -2.39. The lowest BCUT2D eigenvalue weighted by molar-refractivity contribution is -0.121. The predicted octanol–water partition coefficient (Wildman–Crippen LogP) is 3.33. The third-order valence-corrected chi connectivity index (χ3v) is 5.31. The molecular formula is C22H24ClN3O2. The van der Waals surface area contributed by atoms with Crippen molar-refractivity contribution >= 4 is 17.5 Å². The number of rotatable bonds is 7. The molecule has 0 spiro atoms. The maximum atomic E-state index is 12.4. The van der Waals surface area contributed by atoms with Crippen LogP contribution in [0.3, 0.4) is 0 Å². The molecule has 146 valence electrons. The number of carbonyl (C=O) groups is 1. The van der Waals surface area contributed by atoms with Crippen molar-refractivity contribution in [2.45, 2.75) is 18.9 Å². The molecule has 2 aromatic rings. The molecular weight excluding hydrogens is 374 g/mol. The fourth-order valence-corrected chi connectivity index (χ4v) is 3.63. The van der Waals surface area contributed by atoms with Gasteiger partial charge in [-0.15, -0.1) is 0 Å². The van der Waals surface area contributed by atoms with Gasteiger partial charge in [-0.1, -0.05) is 41.9 Å². The minimum Gasteiger partial charge on any atom is -0.379 e. The van der Waals surface area contributed by atoms with Crippen LogP contribution in [0.4, 0.5) is 0 Å². The maximum Gasteiger partial charge on any atom is 0.220 e. The summed E-state index contributed by atoms with van der Waals surface area (Å²) < 4.78 is 5.46. The van der Waals surface area contributed by atoms with Crippen molar-refractivity contribution in [1.29, 1.82) is 5.26 Å². The molecule has 1 saturated heterocycles. The number of benzene rings is 2. The van der Waals surface area contributed by atoms with Crippen molar-refractivity contribution in [3.8, 4) is 6.07 Å². The Balaban J connectivity index is 1.58. The van der Waals surface area contributed by atoms with Crippen molar-refractivity contribution in [2.24, 2.45) is 0 Å². The number of hydrogen-bond donors (Lipinski definition) is 1. The normalized spacial score (nSPS) is 15.6. The summed E-state index contributed by atoms with van der Waals surface area (Å²) in [5.41, 5.74) is 2.70. The van der Waals surface area contributed by atoms with Crippen LogP contribution in [0, 0.1) is 11.3 Å². The van der Waals surface area contributed by atoms with E-state index in [0.717, 1.165) is 24.2 Å². The number of hydrogen-bond acceptors (Lipinski definition) is 4. The Kier molecular flexibility index (Phi) is 7.44. The van der Waals surface area contributed by atoms with Crippen LogP contribution >= 0.6 is 11.6 Å². The smallest absolute Gasteiger partial charge is 0.220 e. The highest BCUT2D eigenvalue weighted by molar-refractivity contribution is 6.31. The summed E-state index contributed by atoms with van der Waals surface area (Å²) in [6, 6.07) is 17.3. The number of amides is 1. The lowest BCUT2D eigenvalue weighted by Crippen LogP contribution is -2.44. The van der Waals surface area contributed by atoms with Gasteiger partial charge >= 0.3 is 0 Å². The van der Waals surface area contributed by atoms with Gasteiger partial charge in [0.05, 0.1) is 30.9 Å². The van der Waals surface area contributed by atoms with E-state index in [-0.39, 0.29) is 11.9 Å². The first kappa shape index (κ1) is 20.3. The van der Waals surface area contributed by atoms with Gasteiger partial charge in [-0.25, -0.2) is 0 Å². The molecule has 1 aliphatic rings. The van der Waals surface area contributed by atoms with Crippen LogP contribution in [-0.2, 0) is 16.0 Å². The summed E-state index contributed by atoms with van der Waals surface area (Å²) >= 11 is 6.43. The molecule has 1 atom stereocenters. The second-order valence-electron chi connectivity index (χ2n) is 6.80. The van der Waals surface area contributed by atoms with E-state index < -0.39 is 0 Å². The second-order valence-corrected chi connectivity index (χ2v) is 7.21. The first-order valence-electron chi connectivity index (χ1n) is 9.49. The topological polar surface area (TPSA) is 65.4 Å². The zero-order valence-electron chi connectivity index (χ0n) is 15.7. The average Bonchev–Trinajstić information content (AvgIpc) is 2.74. The van der Waals surface area contributed by atoms with Crippen molar-refractivity contribution in [3.63, 3.8) is 0 Å². The molecule has 0 unspecified atom stereocenters. The van der Waals surface area contributed by atoms with Gasteiger partial charge in [0.1, 0.15) is 0 Å². The van der Waals surface area contributed by atoms with E-state index in [9.17, 15) is 4.79 Å². The highest BCUT2D eigenvalue weighted by Crippen LogP contribution is 2.27. The van der Waals surface area contributed by atoms with Gasteiger partial charge in [-0.05, 0) is 35.7 Å². The summed E-state index contributed by atoms with van der Waals surface area (Å²) in [5, 5.41) is 12.6. The van der Waals surface area contributed by atoms with E-state index >= 15 is 0 Å². The van der Waals surface area contributed by atoms with Gasteiger partial charge in [0, 0.05) is 31.1 Å². The average molecular weight is 398 g/mol. The van der Waals surface area contributed by atoms with Gasteiger partial charge in [0.25, 0.3) is 0 Å². The van der Waals surface area contributed by atoms with E-state index in [4.69, 9.17) is 21.6 Å². The number of nitrogens with one attached hydrogen (secondary N) is 1. The fourth-order valence-electron chi connectivity index (χ4n) is 3.37. The Labute approximate surface area is 170 Å². The lowest BCUT2D eigenvalue weighted by atomic mass is 10.0. The van der Waals surface area contributed by atoms with Gasteiger partial charge in [-0.3, -0.25) is 9.69 Å². The zero-order chi connectivity index (χ0) is 19.8. The van der Waals surface area contributed by atoms with E-state index in [1.165, 1.54) is 0 Å².